The predicted molar refractivity (Wildman–Crippen MR) is 121 cm³/mol. The molecule has 176 valence electrons. The lowest BCUT2D eigenvalue weighted by Gasteiger charge is -2.36. The van der Waals surface area contributed by atoms with Crippen molar-refractivity contribution in [3.05, 3.63) is 57.5 Å². The third-order valence-corrected chi connectivity index (χ3v) is 6.47. The van der Waals surface area contributed by atoms with Crippen molar-refractivity contribution in [1.82, 2.24) is 20.2 Å². The topological polar surface area (TPSA) is 93.4 Å². The van der Waals surface area contributed by atoms with Gasteiger partial charge in [-0.05, 0) is 38.8 Å². The Morgan fingerprint density at radius 3 is 2.64 bits per heavy atom. The molecule has 10 heteroatoms. The minimum absolute atomic E-state index is 0.162. The fourth-order valence-electron chi connectivity index (χ4n) is 4.05. The van der Waals surface area contributed by atoms with Crippen molar-refractivity contribution >= 4 is 23.1 Å². The second-order valence-electron chi connectivity index (χ2n) is 8.39. The van der Waals surface area contributed by atoms with E-state index in [1.807, 2.05) is 0 Å². The van der Waals surface area contributed by atoms with E-state index in [0.717, 1.165) is 0 Å². The summed E-state index contributed by atoms with van der Waals surface area (Å²) in [6.45, 7) is 3.86. The molecule has 2 aliphatic rings. The van der Waals surface area contributed by atoms with E-state index in [-0.39, 0.29) is 42.5 Å². The van der Waals surface area contributed by atoms with Gasteiger partial charge < -0.3 is 20.7 Å². The monoisotopic (exact) mass is 477 g/mol. The maximum Gasteiger partial charge on any atom is 0.258 e. The highest BCUT2D eigenvalue weighted by Gasteiger charge is 2.33. The number of hydrogen-bond acceptors (Lipinski definition) is 6. The number of nitrogens with one attached hydrogen (secondary N) is 1. The summed E-state index contributed by atoms with van der Waals surface area (Å²) in [5.41, 5.74) is 8.92. The Bertz CT molecular complexity index is 1080. The van der Waals surface area contributed by atoms with Crippen LogP contribution in [-0.2, 0) is 0 Å². The van der Waals surface area contributed by atoms with Crippen molar-refractivity contribution in [3.8, 4) is 5.75 Å². The van der Waals surface area contributed by atoms with Crippen LogP contribution in [0, 0.1) is 19.7 Å². The lowest BCUT2D eigenvalue weighted by atomic mass is 9.89. The summed E-state index contributed by atoms with van der Waals surface area (Å²) in [7, 11) is 0. The molecule has 0 spiro atoms. The lowest BCUT2D eigenvalue weighted by molar-refractivity contribution is 0.0734. The van der Waals surface area contributed by atoms with Crippen molar-refractivity contribution in [3.63, 3.8) is 0 Å². The van der Waals surface area contributed by atoms with Crippen LogP contribution < -0.4 is 15.8 Å². The molecule has 3 N–H and O–H groups in total. The number of rotatable bonds is 7. The van der Waals surface area contributed by atoms with Gasteiger partial charge in [-0.25, -0.2) is 18.7 Å². The molecule has 0 radical (unpaired) electrons. The summed E-state index contributed by atoms with van der Waals surface area (Å²) >= 11 is 6.17. The maximum atomic E-state index is 13.9. The number of carbonyl (C=O) groups is 1. The molecule has 0 bridgehead atoms. The zero-order valence-corrected chi connectivity index (χ0v) is 19.3. The van der Waals surface area contributed by atoms with E-state index in [1.165, 1.54) is 18.2 Å². The number of hydrogen-bond donors (Lipinski definition) is 2. The Kier molecular flexibility index (Phi) is 6.81. The average molecular weight is 478 g/mol. The van der Waals surface area contributed by atoms with Gasteiger partial charge in [-0.3, -0.25) is 4.79 Å². The maximum absolute atomic E-state index is 13.9. The molecular weight excluding hydrogens is 452 g/mol. The van der Waals surface area contributed by atoms with Gasteiger partial charge in [0.15, 0.2) is 5.82 Å². The number of alkyl halides is 1. The van der Waals surface area contributed by atoms with Gasteiger partial charge >= 0.3 is 0 Å². The molecule has 1 fully saturated rings. The zero-order chi connectivity index (χ0) is 23.7. The highest BCUT2D eigenvalue weighted by Crippen LogP contribution is 2.32. The van der Waals surface area contributed by atoms with Crippen LogP contribution in [0.2, 0.25) is 5.02 Å². The molecule has 1 aromatic carbocycles. The quantitative estimate of drug-likeness (QED) is 0.636. The molecule has 33 heavy (non-hydrogen) atoms. The molecular formula is C23H26ClF2N5O2. The zero-order valence-electron chi connectivity index (χ0n) is 18.5. The lowest BCUT2D eigenvalue weighted by Crippen LogP contribution is -2.47. The van der Waals surface area contributed by atoms with Crippen LogP contribution >= 0.6 is 11.6 Å². The number of benzene rings is 1. The summed E-state index contributed by atoms with van der Waals surface area (Å²) in [6.07, 6.45) is 1.17. The Morgan fingerprint density at radius 1 is 1.27 bits per heavy atom. The van der Waals surface area contributed by atoms with Gasteiger partial charge in [0.1, 0.15) is 24.3 Å². The minimum Gasteiger partial charge on any atom is -0.489 e. The van der Waals surface area contributed by atoms with Gasteiger partial charge in [0, 0.05) is 29.9 Å². The molecule has 2 heterocycles. The SMILES string of the molecule is Cc1nc(C2=C(N)CN(C(=O)c3ccc(F)cc3OC3CC(NCCF)C3)C2)nc(C)c1Cl. The molecule has 1 aliphatic heterocycles. The predicted octanol–water partition coefficient (Wildman–Crippen LogP) is 3.18. The van der Waals surface area contributed by atoms with Crippen LogP contribution in [0.4, 0.5) is 8.78 Å². The Hall–Kier alpha value is -2.78. The average Bonchev–Trinajstić information content (AvgIpc) is 3.14. The standard InChI is InChI=1S/C23H26ClF2N5O2/c1-12-21(24)13(2)30-22(29-12)18-10-31(11-19(18)27)23(32)17-4-3-14(26)7-20(17)33-16-8-15(9-16)28-6-5-25/h3-4,7,15-16,28H,5-6,8-11,27H2,1-2H3. The summed E-state index contributed by atoms with van der Waals surface area (Å²) in [5, 5.41) is 3.57. The molecule has 1 aliphatic carbocycles. The number of nitrogens with zero attached hydrogens (tertiary/aromatic N) is 3. The first-order chi connectivity index (χ1) is 15.8. The van der Waals surface area contributed by atoms with Crippen molar-refractivity contribution < 1.29 is 18.3 Å². The Balaban J connectivity index is 1.48. The fraction of sp³-hybridized carbons (Fsp3) is 0.435. The largest absolute Gasteiger partial charge is 0.489 e. The Labute approximate surface area is 196 Å². The number of nitrogens with two attached hydrogens (primary N) is 1. The number of amides is 1. The second kappa shape index (κ2) is 9.61. The minimum atomic E-state index is -0.492. The number of ether oxygens (including phenoxy) is 1. The van der Waals surface area contributed by atoms with Crippen LogP contribution in [0.25, 0.3) is 5.57 Å². The van der Waals surface area contributed by atoms with E-state index in [2.05, 4.69) is 15.3 Å². The highest BCUT2D eigenvalue weighted by molar-refractivity contribution is 6.31. The van der Waals surface area contributed by atoms with E-state index in [1.54, 1.807) is 18.7 Å². The van der Waals surface area contributed by atoms with Crippen LogP contribution in [0.15, 0.2) is 23.9 Å². The molecule has 0 atom stereocenters. The first-order valence-electron chi connectivity index (χ1n) is 10.8. The smallest absolute Gasteiger partial charge is 0.258 e. The molecule has 1 amide bonds. The van der Waals surface area contributed by atoms with Gasteiger partial charge in [-0.1, -0.05) is 11.6 Å². The van der Waals surface area contributed by atoms with E-state index in [0.29, 0.717) is 52.9 Å². The highest BCUT2D eigenvalue weighted by atomic mass is 35.5. The van der Waals surface area contributed by atoms with E-state index in [4.69, 9.17) is 22.1 Å². The van der Waals surface area contributed by atoms with Gasteiger partial charge in [0.25, 0.3) is 5.91 Å². The van der Waals surface area contributed by atoms with Crippen molar-refractivity contribution in [2.75, 3.05) is 26.3 Å². The molecule has 1 saturated carbocycles. The van der Waals surface area contributed by atoms with Crippen LogP contribution in [0.3, 0.4) is 0 Å². The molecule has 1 aromatic heterocycles. The number of aromatic nitrogens is 2. The van der Waals surface area contributed by atoms with Crippen LogP contribution in [0.1, 0.15) is 40.4 Å². The number of halogens is 3. The third kappa shape index (κ3) is 4.94. The first-order valence-corrected chi connectivity index (χ1v) is 11.2. The van der Waals surface area contributed by atoms with Gasteiger partial charge in [-0.2, -0.15) is 0 Å². The molecule has 0 saturated heterocycles. The normalized spacial score (nSPS) is 20.2. The first kappa shape index (κ1) is 23.4. The van der Waals surface area contributed by atoms with Gasteiger partial charge in [-0.15, -0.1) is 0 Å². The number of carbonyl (C=O) groups excluding carboxylic acids is 1. The van der Waals surface area contributed by atoms with E-state index in [9.17, 15) is 13.6 Å². The third-order valence-electron chi connectivity index (χ3n) is 5.93. The Morgan fingerprint density at radius 2 is 1.97 bits per heavy atom. The fourth-order valence-corrected chi connectivity index (χ4v) is 4.14. The summed E-state index contributed by atoms with van der Waals surface area (Å²) < 4.78 is 32.2. The van der Waals surface area contributed by atoms with Crippen molar-refractivity contribution in [2.24, 2.45) is 5.73 Å². The summed E-state index contributed by atoms with van der Waals surface area (Å²) in [6, 6.07) is 4.04. The second-order valence-corrected chi connectivity index (χ2v) is 8.77. The van der Waals surface area contributed by atoms with E-state index >= 15 is 0 Å². The van der Waals surface area contributed by atoms with E-state index < -0.39 is 12.5 Å². The van der Waals surface area contributed by atoms with Crippen LogP contribution in [0.5, 0.6) is 5.75 Å². The molecule has 0 unspecified atom stereocenters. The van der Waals surface area contributed by atoms with Gasteiger partial charge in [0.2, 0.25) is 0 Å². The molecule has 4 rings (SSSR count). The molecule has 7 nitrogen and oxygen atoms in total. The summed E-state index contributed by atoms with van der Waals surface area (Å²) in [4.78, 5) is 23.7. The number of aryl methyl sites for hydroxylation is 2. The van der Waals surface area contributed by atoms with Crippen molar-refractivity contribution in [2.45, 2.75) is 38.8 Å². The van der Waals surface area contributed by atoms with Crippen LogP contribution in [-0.4, -0.2) is 59.2 Å². The molecule has 2 aromatic rings. The van der Waals surface area contributed by atoms with Crippen molar-refractivity contribution in [1.29, 1.82) is 0 Å². The summed E-state index contributed by atoms with van der Waals surface area (Å²) in [5.74, 6) is -0.181. The van der Waals surface area contributed by atoms with Gasteiger partial charge in [0.05, 0.1) is 35.1 Å².